The van der Waals surface area contributed by atoms with Crippen molar-refractivity contribution in [3.8, 4) is 6.07 Å². The molecule has 1 aliphatic heterocycles. The topological polar surface area (TPSA) is 119 Å². The summed E-state index contributed by atoms with van der Waals surface area (Å²) in [6.45, 7) is 5.02. The van der Waals surface area contributed by atoms with Crippen LogP contribution in [0.5, 0.6) is 0 Å². The maximum Gasteiger partial charge on any atom is 0.246 e. The van der Waals surface area contributed by atoms with Crippen LogP contribution in [-0.2, 0) is 24.8 Å². The number of hydrogen-bond donors (Lipinski definition) is 0. The van der Waals surface area contributed by atoms with Crippen molar-refractivity contribution in [1.82, 2.24) is 13.5 Å². The molecule has 35 heavy (non-hydrogen) atoms. The quantitative estimate of drug-likeness (QED) is 0.496. The van der Waals surface area contributed by atoms with Crippen LogP contribution in [0, 0.1) is 11.3 Å². The first-order valence-corrected chi connectivity index (χ1v) is 14.1. The Hall–Kier alpha value is -3.04. The molecular formula is C24H28N4O5S2. The van der Waals surface area contributed by atoms with E-state index in [0.717, 1.165) is 0 Å². The van der Waals surface area contributed by atoms with E-state index in [0.29, 0.717) is 18.7 Å². The lowest BCUT2D eigenvalue weighted by Crippen LogP contribution is -2.50. The molecule has 0 radical (unpaired) electrons. The van der Waals surface area contributed by atoms with Gasteiger partial charge < -0.3 is 4.90 Å². The van der Waals surface area contributed by atoms with E-state index in [9.17, 15) is 26.9 Å². The van der Waals surface area contributed by atoms with Crippen LogP contribution < -0.4 is 0 Å². The molecule has 0 aromatic heterocycles. The third-order valence-electron chi connectivity index (χ3n) is 5.82. The van der Waals surface area contributed by atoms with Crippen molar-refractivity contribution in [1.29, 1.82) is 5.26 Å². The molecule has 0 N–H and O–H groups in total. The van der Waals surface area contributed by atoms with Crippen molar-refractivity contribution >= 4 is 32.0 Å². The fourth-order valence-electron chi connectivity index (χ4n) is 3.81. The predicted octanol–water partition coefficient (Wildman–Crippen LogP) is 2.14. The first kappa shape index (κ1) is 26.6. The highest BCUT2D eigenvalue weighted by atomic mass is 32.2. The van der Waals surface area contributed by atoms with Crippen LogP contribution in [0.15, 0.2) is 64.4 Å². The van der Waals surface area contributed by atoms with Gasteiger partial charge in [-0.25, -0.2) is 16.8 Å². The van der Waals surface area contributed by atoms with Crippen molar-refractivity contribution in [2.75, 3.05) is 39.3 Å². The number of carbonyl (C=O) groups is 1. The summed E-state index contributed by atoms with van der Waals surface area (Å²) < 4.78 is 53.7. The van der Waals surface area contributed by atoms with Gasteiger partial charge >= 0.3 is 0 Å². The van der Waals surface area contributed by atoms with Gasteiger partial charge in [-0.2, -0.15) is 13.9 Å². The van der Waals surface area contributed by atoms with Gasteiger partial charge in [-0.15, -0.1) is 0 Å². The summed E-state index contributed by atoms with van der Waals surface area (Å²) in [5.74, 6) is -0.265. The number of rotatable bonds is 8. The highest BCUT2D eigenvalue weighted by Crippen LogP contribution is 2.21. The number of sulfonamides is 2. The summed E-state index contributed by atoms with van der Waals surface area (Å²) >= 11 is 0. The first-order chi connectivity index (χ1) is 16.6. The van der Waals surface area contributed by atoms with Crippen LogP contribution in [0.1, 0.15) is 25.0 Å². The number of hydrogen-bond acceptors (Lipinski definition) is 6. The fourth-order valence-corrected chi connectivity index (χ4v) is 6.83. The average molecular weight is 517 g/mol. The summed E-state index contributed by atoms with van der Waals surface area (Å²) in [6.07, 6.45) is 2.99. The molecule has 3 rings (SSSR count). The van der Waals surface area contributed by atoms with Crippen LogP contribution >= 0.6 is 0 Å². The molecule has 2 aromatic carbocycles. The van der Waals surface area contributed by atoms with Crippen LogP contribution in [0.2, 0.25) is 0 Å². The minimum absolute atomic E-state index is 0.0337. The number of nitrogens with zero attached hydrogens (tertiary/aromatic N) is 4. The molecule has 11 heteroatoms. The molecule has 0 aliphatic carbocycles. The van der Waals surface area contributed by atoms with Gasteiger partial charge in [0.15, 0.2) is 0 Å². The van der Waals surface area contributed by atoms with Crippen LogP contribution in [0.25, 0.3) is 6.08 Å². The van der Waals surface area contributed by atoms with E-state index >= 15 is 0 Å². The van der Waals surface area contributed by atoms with Crippen molar-refractivity contribution in [2.45, 2.75) is 23.6 Å². The van der Waals surface area contributed by atoms with Gasteiger partial charge in [0.2, 0.25) is 26.0 Å². The van der Waals surface area contributed by atoms with E-state index in [4.69, 9.17) is 0 Å². The molecule has 1 saturated heterocycles. The van der Waals surface area contributed by atoms with Crippen molar-refractivity contribution in [3.63, 3.8) is 0 Å². The molecule has 1 fully saturated rings. The predicted molar refractivity (Wildman–Crippen MR) is 132 cm³/mol. The van der Waals surface area contributed by atoms with Gasteiger partial charge in [-0.1, -0.05) is 38.1 Å². The number of amides is 1. The minimum atomic E-state index is -3.83. The van der Waals surface area contributed by atoms with Gasteiger partial charge in [0.1, 0.15) is 6.07 Å². The summed E-state index contributed by atoms with van der Waals surface area (Å²) in [7, 11) is -7.38. The van der Waals surface area contributed by atoms with E-state index in [2.05, 4.69) is 0 Å². The SMILES string of the molecule is CCN(CC)S(=O)(=O)c1ccc(/C=C/C(=O)N2CCN(S(=O)(=O)c3ccccc3C#N)CC2)cc1. The van der Waals surface area contributed by atoms with Gasteiger partial charge in [0.05, 0.1) is 15.4 Å². The number of carbonyl (C=O) groups excluding carboxylic acids is 1. The Morgan fingerprint density at radius 2 is 1.57 bits per heavy atom. The molecule has 9 nitrogen and oxygen atoms in total. The highest BCUT2D eigenvalue weighted by Gasteiger charge is 2.31. The van der Waals surface area contributed by atoms with E-state index in [-0.39, 0.29) is 47.4 Å². The molecule has 2 aromatic rings. The molecular weight excluding hydrogens is 488 g/mol. The Kier molecular flexibility index (Phi) is 8.45. The second-order valence-corrected chi connectivity index (χ2v) is 11.7. The molecule has 0 bridgehead atoms. The zero-order chi connectivity index (χ0) is 25.6. The maximum atomic E-state index is 12.9. The molecule has 0 atom stereocenters. The van der Waals surface area contributed by atoms with Gasteiger partial charge in [0.25, 0.3) is 0 Å². The monoisotopic (exact) mass is 516 g/mol. The first-order valence-electron chi connectivity index (χ1n) is 11.2. The van der Waals surface area contributed by atoms with E-state index < -0.39 is 20.0 Å². The molecule has 1 aliphatic rings. The van der Waals surface area contributed by atoms with Crippen molar-refractivity contribution in [2.24, 2.45) is 0 Å². The number of benzene rings is 2. The third-order valence-corrected chi connectivity index (χ3v) is 9.84. The van der Waals surface area contributed by atoms with Crippen LogP contribution in [0.4, 0.5) is 0 Å². The normalized spacial score (nSPS) is 15.4. The van der Waals surface area contributed by atoms with Crippen molar-refractivity contribution in [3.05, 3.63) is 65.7 Å². The molecule has 186 valence electrons. The molecule has 1 heterocycles. The van der Waals surface area contributed by atoms with E-state index in [1.54, 1.807) is 49.1 Å². The highest BCUT2D eigenvalue weighted by molar-refractivity contribution is 7.89. The van der Waals surface area contributed by atoms with Crippen molar-refractivity contribution < 1.29 is 21.6 Å². The van der Waals surface area contributed by atoms with E-state index in [1.807, 2.05) is 6.07 Å². The molecule has 0 unspecified atom stereocenters. The van der Waals surface area contributed by atoms with Gasteiger partial charge in [0, 0.05) is 45.3 Å². The fraction of sp³-hybridized carbons (Fsp3) is 0.333. The smallest absolute Gasteiger partial charge is 0.246 e. The lowest BCUT2D eigenvalue weighted by Gasteiger charge is -2.33. The lowest BCUT2D eigenvalue weighted by atomic mass is 10.2. The summed E-state index contributed by atoms with van der Waals surface area (Å²) in [4.78, 5) is 14.3. The second kappa shape index (κ2) is 11.1. The Labute approximate surface area is 207 Å². The Morgan fingerprint density at radius 1 is 0.971 bits per heavy atom. The molecule has 1 amide bonds. The van der Waals surface area contributed by atoms with Gasteiger partial charge in [-0.05, 0) is 35.9 Å². The lowest BCUT2D eigenvalue weighted by molar-refractivity contribution is -0.127. The van der Waals surface area contributed by atoms with E-state index in [1.165, 1.54) is 39.0 Å². The Balaban J connectivity index is 1.62. The number of piperazine rings is 1. The van der Waals surface area contributed by atoms with Crippen LogP contribution in [0.3, 0.4) is 0 Å². The zero-order valence-corrected chi connectivity index (χ0v) is 21.3. The minimum Gasteiger partial charge on any atom is -0.337 e. The third kappa shape index (κ3) is 5.79. The maximum absolute atomic E-state index is 12.9. The van der Waals surface area contributed by atoms with Crippen LogP contribution in [-0.4, -0.2) is 75.5 Å². The Morgan fingerprint density at radius 3 is 2.14 bits per heavy atom. The second-order valence-electron chi connectivity index (χ2n) is 7.83. The summed E-state index contributed by atoms with van der Waals surface area (Å²) in [5, 5.41) is 9.22. The largest absolute Gasteiger partial charge is 0.337 e. The number of nitriles is 1. The standard InChI is InChI=1S/C24H28N4O5S2/c1-3-27(4-2)34(30,31)22-12-9-20(10-13-22)11-14-24(29)26-15-17-28(18-16-26)35(32,33)23-8-6-5-7-21(23)19-25/h5-14H,3-4,15-18H2,1-2H3/b14-11+. The molecule has 0 saturated carbocycles. The summed E-state index contributed by atoms with van der Waals surface area (Å²) in [6, 6.07) is 14.3. The Bertz CT molecular complexity index is 1340. The average Bonchev–Trinajstić information content (AvgIpc) is 2.88. The van der Waals surface area contributed by atoms with Gasteiger partial charge in [-0.3, -0.25) is 4.79 Å². The zero-order valence-electron chi connectivity index (χ0n) is 19.7. The molecule has 0 spiro atoms. The summed E-state index contributed by atoms with van der Waals surface area (Å²) in [5.41, 5.74) is 0.760.